The van der Waals surface area contributed by atoms with Crippen LogP contribution in [0, 0.1) is 0 Å². The molecular weight excluding hydrogens is 298 g/mol. The number of phenols is 1. The highest BCUT2D eigenvalue weighted by atomic mass is 32.1. The first-order chi connectivity index (χ1) is 10.6. The Bertz CT molecular complexity index is 834. The molecule has 2 aromatic carbocycles. The number of hydrogen-bond acceptors (Lipinski definition) is 5. The summed E-state index contributed by atoms with van der Waals surface area (Å²) >= 11 is 1.44. The van der Waals surface area contributed by atoms with Crippen molar-refractivity contribution in [1.29, 1.82) is 0 Å². The van der Waals surface area contributed by atoms with Gasteiger partial charge in [-0.15, -0.1) is 11.3 Å². The monoisotopic (exact) mass is 310 g/mol. The van der Waals surface area contributed by atoms with Crippen LogP contribution < -0.4 is 5.11 Å². The number of hydrogen-bond donors (Lipinski definition) is 1. The van der Waals surface area contributed by atoms with E-state index < -0.39 is 5.97 Å². The van der Waals surface area contributed by atoms with Gasteiger partial charge in [0.15, 0.2) is 0 Å². The first-order valence-corrected chi connectivity index (χ1v) is 7.49. The van der Waals surface area contributed by atoms with Gasteiger partial charge in [-0.05, 0) is 41.5 Å². The van der Waals surface area contributed by atoms with Crippen molar-refractivity contribution in [2.24, 2.45) is 0 Å². The van der Waals surface area contributed by atoms with E-state index in [0.717, 1.165) is 15.8 Å². The number of aromatic nitrogens is 1. The van der Waals surface area contributed by atoms with Gasteiger partial charge in [0.25, 0.3) is 0 Å². The standard InChI is InChI=1S/C17H13NO3S/c19-13-5-3-4-11(9-13)8-12(10-16(20)21)17-18-14-6-1-2-7-15(14)22-17/h1-9,19H,10H2,(H,20,21)/p-1/b12-8+. The Balaban J connectivity index is 2.07. The zero-order valence-electron chi connectivity index (χ0n) is 11.5. The number of carboxylic acid groups (broad SMARTS) is 1. The van der Waals surface area contributed by atoms with Crippen LogP contribution in [0.2, 0.25) is 0 Å². The maximum Gasteiger partial charge on any atom is 0.120 e. The summed E-state index contributed by atoms with van der Waals surface area (Å²) in [4.78, 5) is 15.5. The third-order valence-electron chi connectivity index (χ3n) is 3.11. The molecule has 0 bridgehead atoms. The van der Waals surface area contributed by atoms with E-state index in [4.69, 9.17) is 0 Å². The van der Waals surface area contributed by atoms with Gasteiger partial charge in [0.1, 0.15) is 10.8 Å². The van der Waals surface area contributed by atoms with Crippen LogP contribution in [0.15, 0.2) is 48.5 Å². The molecule has 3 rings (SSSR count). The van der Waals surface area contributed by atoms with Gasteiger partial charge in [-0.3, -0.25) is 0 Å². The lowest BCUT2D eigenvalue weighted by atomic mass is 10.1. The molecule has 0 aliphatic rings. The second kappa shape index (κ2) is 5.99. The van der Waals surface area contributed by atoms with Crippen LogP contribution in [0.3, 0.4) is 0 Å². The molecule has 0 amide bonds. The van der Waals surface area contributed by atoms with Crippen LogP contribution in [0.5, 0.6) is 5.75 Å². The van der Waals surface area contributed by atoms with Crippen LogP contribution in [0.1, 0.15) is 17.0 Å². The van der Waals surface area contributed by atoms with E-state index in [9.17, 15) is 15.0 Å². The summed E-state index contributed by atoms with van der Waals surface area (Å²) < 4.78 is 0.998. The minimum atomic E-state index is -1.16. The molecule has 1 N–H and O–H groups in total. The van der Waals surface area contributed by atoms with Gasteiger partial charge in [-0.2, -0.15) is 0 Å². The smallest absolute Gasteiger partial charge is 0.120 e. The summed E-state index contributed by atoms with van der Waals surface area (Å²) in [6, 6.07) is 14.3. The molecule has 3 aromatic rings. The molecule has 0 saturated carbocycles. The number of rotatable bonds is 4. The Morgan fingerprint density at radius 1 is 1.23 bits per heavy atom. The van der Waals surface area contributed by atoms with Crippen molar-refractivity contribution in [3.05, 3.63) is 59.1 Å². The number of aliphatic carboxylic acids is 1. The fraction of sp³-hybridized carbons (Fsp3) is 0.0588. The Morgan fingerprint density at radius 3 is 2.77 bits per heavy atom. The van der Waals surface area contributed by atoms with Crippen LogP contribution in [-0.4, -0.2) is 16.1 Å². The zero-order valence-corrected chi connectivity index (χ0v) is 12.3. The second-order valence-electron chi connectivity index (χ2n) is 4.80. The number of benzene rings is 2. The predicted molar refractivity (Wildman–Crippen MR) is 85.2 cm³/mol. The molecule has 110 valence electrons. The van der Waals surface area contributed by atoms with Crippen molar-refractivity contribution in [2.45, 2.75) is 6.42 Å². The molecule has 0 saturated heterocycles. The number of aromatic hydroxyl groups is 1. The van der Waals surface area contributed by atoms with E-state index in [-0.39, 0.29) is 12.2 Å². The molecule has 0 atom stereocenters. The number of phenolic OH excluding ortho intramolecular Hbond substituents is 1. The van der Waals surface area contributed by atoms with Crippen molar-refractivity contribution >= 4 is 39.2 Å². The molecule has 0 unspecified atom stereocenters. The van der Waals surface area contributed by atoms with Crippen molar-refractivity contribution in [3.8, 4) is 5.75 Å². The van der Waals surface area contributed by atoms with Crippen LogP contribution in [0.25, 0.3) is 21.9 Å². The lowest BCUT2D eigenvalue weighted by molar-refractivity contribution is -0.304. The summed E-state index contributed by atoms with van der Waals surface area (Å²) in [6.07, 6.45) is 1.49. The van der Waals surface area contributed by atoms with Crippen LogP contribution >= 0.6 is 11.3 Å². The van der Waals surface area contributed by atoms with Gasteiger partial charge >= 0.3 is 0 Å². The number of fused-ring (bicyclic) bond motifs is 1. The van der Waals surface area contributed by atoms with Gasteiger partial charge in [0.05, 0.1) is 10.2 Å². The van der Waals surface area contributed by atoms with E-state index in [2.05, 4.69) is 4.98 Å². The maximum absolute atomic E-state index is 11.0. The lowest BCUT2D eigenvalue weighted by Gasteiger charge is -2.06. The third-order valence-corrected chi connectivity index (χ3v) is 4.23. The lowest BCUT2D eigenvalue weighted by Crippen LogP contribution is -2.22. The number of carboxylic acids is 1. The molecule has 4 nitrogen and oxygen atoms in total. The van der Waals surface area contributed by atoms with Gasteiger partial charge in [-0.1, -0.05) is 24.3 Å². The molecule has 0 spiro atoms. The number of nitrogens with zero attached hydrogens (tertiary/aromatic N) is 1. The molecule has 22 heavy (non-hydrogen) atoms. The average Bonchev–Trinajstić information content (AvgIpc) is 2.90. The minimum Gasteiger partial charge on any atom is -0.550 e. The van der Waals surface area contributed by atoms with E-state index in [1.54, 1.807) is 30.3 Å². The van der Waals surface area contributed by atoms with Crippen molar-refractivity contribution < 1.29 is 15.0 Å². The van der Waals surface area contributed by atoms with Gasteiger partial charge in [-0.25, -0.2) is 4.98 Å². The van der Waals surface area contributed by atoms with E-state index in [1.807, 2.05) is 24.3 Å². The van der Waals surface area contributed by atoms with Crippen LogP contribution in [-0.2, 0) is 4.79 Å². The van der Waals surface area contributed by atoms with Gasteiger partial charge < -0.3 is 15.0 Å². The van der Waals surface area contributed by atoms with Crippen molar-refractivity contribution in [1.82, 2.24) is 4.98 Å². The molecule has 1 heterocycles. The van der Waals surface area contributed by atoms with E-state index in [0.29, 0.717) is 10.6 Å². The number of carbonyl (C=O) groups is 1. The topological polar surface area (TPSA) is 73.2 Å². The van der Waals surface area contributed by atoms with Crippen LogP contribution in [0.4, 0.5) is 0 Å². The summed E-state index contributed by atoms with van der Waals surface area (Å²) in [6.45, 7) is 0. The van der Waals surface area contributed by atoms with Crippen molar-refractivity contribution in [3.63, 3.8) is 0 Å². The Labute approximate surface area is 131 Å². The third kappa shape index (κ3) is 3.15. The molecule has 0 aliphatic carbocycles. The molecular formula is C17H12NO3S-. The molecule has 0 aliphatic heterocycles. The fourth-order valence-corrected chi connectivity index (χ4v) is 3.15. The number of carbonyl (C=O) groups excluding carboxylic acids is 1. The zero-order chi connectivity index (χ0) is 15.5. The highest BCUT2D eigenvalue weighted by molar-refractivity contribution is 7.19. The first kappa shape index (κ1) is 14.3. The van der Waals surface area contributed by atoms with E-state index in [1.165, 1.54) is 11.3 Å². The SMILES string of the molecule is O=C([O-])C/C(=C\c1cccc(O)c1)c1nc2ccccc2s1. The maximum atomic E-state index is 11.0. The summed E-state index contributed by atoms with van der Waals surface area (Å²) in [5, 5.41) is 21.2. The number of para-hydroxylation sites is 1. The highest BCUT2D eigenvalue weighted by Crippen LogP contribution is 2.30. The predicted octanol–water partition coefficient (Wildman–Crippen LogP) is 2.68. The van der Waals surface area contributed by atoms with Crippen molar-refractivity contribution in [2.75, 3.05) is 0 Å². The summed E-state index contributed by atoms with van der Waals surface area (Å²) in [7, 11) is 0. The summed E-state index contributed by atoms with van der Waals surface area (Å²) in [5.41, 5.74) is 2.12. The second-order valence-corrected chi connectivity index (χ2v) is 5.83. The Morgan fingerprint density at radius 2 is 2.05 bits per heavy atom. The van der Waals surface area contributed by atoms with Gasteiger partial charge in [0, 0.05) is 12.4 Å². The molecule has 0 fully saturated rings. The normalized spacial score (nSPS) is 11.7. The number of thiazole rings is 1. The molecule has 0 radical (unpaired) electrons. The van der Waals surface area contributed by atoms with E-state index >= 15 is 0 Å². The quantitative estimate of drug-likeness (QED) is 0.804. The average molecular weight is 310 g/mol. The molecule has 1 aromatic heterocycles. The molecule has 5 heteroatoms. The highest BCUT2D eigenvalue weighted by Gasteiger charge is 2.09. The van der Waals surface area contributed by atoms with Gasteiger partial charge in [0.2, 0.25) is 0 Å². The minimum absolute atomic E-state index is 0.130. The summed E-state index contributed by atoms with van der Waals surface area (Å²) in [5.74, 6) is -1.03. The first-order valence-electron chi connectivity index (χ1n) is 6.67. The Kier molecular flexibility index (Phi) is 3.89. The Hall–Kier alpha value is -2.66. The fourth-order valence-electron chi connectivity index (χ4n) is 2.17. The largest absolute Gasteiger partial charge is 0.550 e.